The highest BCUT2D eigenvalue weighted by Gasteiger charge is 2.29. The first-order chi connectivity index (χ1) is 13.5. The van der Waals surface area contributed by atoms with Gasteiger partial charge in [-0.15, -0.1) is 0 Å². The van der Waals surface area contributed by atoms with E-state index >= 15 is 0 Å². The summed E-state index contributed by atoms with van der Waals surface area (Å²) in [6.07, 6.45) is 0.338. The van der Waals surface area contributed by atoms with Crippen molar-refractivity contribution in [2.24, 2.45) is 5.92 Å². The van der Waals surface area contributed by atoms with Crippen molar-refractivity contribution in [1.29, 1.82) is 0 Å². The molecule has 7 heteroatoms. The molecule has 0 bridgehead atoms. The second-order valence-corrected chi connectivity index (χ2v) is 8.62. The maximum atomic E-state index is 13.1. The normalized spacial score (nSPS) is 17.0. The maximum absolute atomic E-state index is 13.1. The molecule has 0 radical (unpaired) electrons. The van der Waals surface area contributed by atoms with Crippen molar-refractivity contribution in [1.82, 2.24) is 15.5 Å². The highest BCUT2D eigenvalue weighted by molar-refractivity contribution is 7.99. The second kappa shape index (κ2) is 12.0. The molecule has 2 amide bonds. The summed E-state index contributed by atoms with van der Waals surface area (Å²) < 4.78 is 5.00. The molecule has 0 saturated carbocycles. The van der Waals surface area contributed by atoms with Crippen molar-refractivity contribution in [3.8, 4) is 0 Å². The minimum Gasteiger partial charge on any atom is -0.450 e. The van der Waals surface area contributed by atoms with Gasteiger partial charge in [0.2, 0.25) is 5.91 Å². The third-order valence-corrected chi connectivity index (χ3v) is 5.59. The molecule has 2 unspecified atom stereocenters. The van der Waals surface area contributed by atoms with Gasteiger partial charge in [0.15, 0.2) is 0 Å². The fourth-order valence-corrected chi connectivity index (χ4v) is 4.35. The van der Waals surface area contributed by atoms with Crippen LogP contribution in [0.2, 0.25) is 0 Å². The van der Waals surface area contributed by atoms with E-state index in [4.69, 9.17) is 4.74 Å². The number of carbonyl (C=O) groups is 2. The Hall–Kier alpha value is -1.73. The summed E-state index contributed by atoms with van der Waals surface area (Å²) in [7, 11) is 0. The van der Waals surface area contributed by atoms with Gasteiger partial charge in [-0.2, -0.15) is 11.8 Å². The Morgan fingerprint density at radius 1 is 1.18 bits per heavy atom. The Bertz CT molecular complexity index is 606. The molecule has 1 saturated heterocycles. The molecule has 1 aliphatic rings. The summed E-state index contributed by atoms with van der Waals surface area (Å²) in [6, 6.07) is 9.46. The largest absolute Gasteiger partial charge is 0.450 e. The molecule has 156 valence electrons. The predicted molar refractivity (Wildman–Crippen MR) is 114 cm³/mol. The van der Waals surface area contributed by atoms with Crippen LogP contribution in [0.1, 0.15) is 38.8 Å². The molecule has 2 N–H and O–H groups in total. The van der Waals surface area contributed by atoms with Gasteiger partial charge in [0, 0.05) is 37.2 Å². The zero-order valence-electron chi connectivity index (χ0n) is 17.1. The quantitative estimate of drug-likeness (QED) is 0.658. The number of nitrogens with one attached hydrogen (secondary N) is 2. The van der Waals surface area contributed by atoms with Gasteiger partial charge in [0.1, 0.15) is 6.04 Å². The number of nitrogens with zero attached hydrogens (tertiary/aromatic N) is 1. The standard InChI is InChI=1S/C21H33N3O3S/c1-4-27-21(26)23-18(14-16(2)3)15-22-20(25)19(17-8-6-5-7-9-17)24-10-12-28-13-11-24/h5-9,16,18-19H,4,10-15H2,1-3H3,(H,22,25)(H,23,26). The number of hydrogen-bond acceptors (Lipinski definition) is 5. The average molecular weight is 408 g/mol. The summed E-state index contributed by atoms with van der Waals surface area (Å²) in [4.78, 5) is 27.2. The van der Waals surface area contributed by atoms with Gasteiger partial charge in [-0.05, 0) is 24.8 Å². The lowest BCUT2D eigenvalue weighted by Crippen LogP contribution is -2.49. The van der Waals surface area contributed by atoms with Crippen LogP contribution < -0.4 is 10.6 Å². The van der Waals surface area contributed by atoms with Crippen molar-refractivity contribution >= 4 is 23.8 Å². The number of ether oxygens (including phenoxy) is 1. The molecule has 6 nitrogen and oxygen atoms in total. The van der Waals surface area contributed by atoms with Crippen LogP contribution in [0.4, 0.5) is 4.79 Å². The number of benzene rings is 1. The summed E-state index contributed by atoms with van der Waals surface area (Å²) in [5.41, 5.74) is 1.01. The molecule has 1 aliphatic heterocycles. The second-order valence-electron chi connectivity index (χ2n) is 7.40. The van der Waals surface area contributed by atoms with Crippen LogP contribution in [0, 0.1) is 5.92 Å². The fraction of sp³-hybridized carbons (Fsp3) is 0.619. The number of carbonyl (C=O) groups excluding carboxylic acids is 2. The molecular formula is C21H33N3O3S. The molecular weight excluding hydrogens is 374 g/mol. The highest BCUT2D eigenvalue weighted by atomic mass is 32.2. The van der Waals surface area contributed by atoms with Crippen LogP contribution in [0.5, 0.6) is 0 Å². The third kappa shape index (κ3) is 7.36. The molecule has 2 rings (SSSR count). The van der Waals surface area contributed by atoms with E-state index in [0.29, 0.717) is 19.1 Å². The lowest BCUT2D eigenvalue weighted by Gasteiger charge is -2.34. The fourth-order valence-electron chi connectivity index (χ4n) is 3.42. The van der Waals surface area contributed by atoms with Crippen LogP contribution in [0.25, 0.3) is 0 Å². The molecule has 1 heterocycles. The topological polar surface area (TPSA) is 70.7 Å². The third-order valence-electron chi connectivity index (χ3n) is 4.65. The number of hydrogen-bond donors (Lipinski definition) is 2. The van der Waals surface area contributed by atoms with Gasteiger partial charge >= 0.3 is 6.09 Å². The monoisotopic (exact) mass is 407 g/mol. The maximum Gasteiger partial charge on any atom is 0.407 e. The Morgan fingerprint density at radius 2 is 1.86 bits per heavy atom. The first kappa shape index (κ1) is 22.6. The number of amides is 2. The van der Waals surface area contributed by atoms with Crippen LogP contribution in [0.15, 0.2) is 30.3 Å². The number of alkyl carbamates (subject to hydrolysis) is 1. The minimum atomic E-state index is -0.435. The summed E-state index contributed by atoms with van der Waals surface area (Å²) in [6.45, 7) is 8.49. The van der Waals surface area contributed by atoms with Crippen molar-refractivity contribution < 1.29 is 14.3 Å². The Balaban J connectivity index is 2.04. The molecule has 1 aromatic rings. The zero-order valence-corrected chi connectivity index (χ0v) is 18.0. The van der Waals surface area contributed by atoms with Crippen LogP contribution in [-0.4, -0.2) is 60.7 Å². The van der Waals surface area contributed by atoms with E-state index in [1.807, 2.05) is 42.1 Å². The smallest absolute Gasteiger partial charge is 0.407 e. The molecule has 28 heavy (non-hydrogen) atoms. The van der Waals surface area contributed by atoms with Gasteiger partial charge in [-0.25, -0.2) is 4.79 Å². The van der Waals surface area contributed by atoms with Gasteiger partial charge in [0.05, 0.1) is 6.61 Å². The molecule has 1 fully saturated rings. The van der Waals surface area contributed by atoms with Gasteiger partial charge in [-0.1, -0.05) is 44.2 Å². The number of rotatable bonds is 9. The summed E-state index contributed by atoms with van der Waals surface area (Å²) in [5.74, 6) is 2.46. The predicted octanol–water partition coefficient (Wildman–Crippen LogP) is 3.05. The van der Waals surface area contributed by atoms with Crippen LogP contribution >= 0.6 is 11.8 Å². The highest BCUT2D eigenvalue weighted by Crippen LogP contribution is 2.24. The first-order valence-electron chi connectivity index (χ1n) is 10.1. The number of thioether (sulfide) groups is 1. The molecule has 0 spiro atoms. The molecule has 1 aromatic carbocycles. The van der Waals surface area contributed by atoms with E-state index in [9.17, 15) is 9.59 Å². The van der Waals surface area contributed by atoms with Crippen molar-refractivity contribution in [2.75, 3.05) is 37.7 Å². The van der Waals surface area contributed by atoms with E-state index in [2.05, 4.69) is 29.4 Å². The lowest BCUT2D eigenvalue weighted by atomic mass is 10.0. The van der Waals surface area contributed by atoms with Crippen LogP contribution in [-0.2, 0) is 9.53 Å². The lowest BCUT2D eigenvalue weighted by molar-refractivity contribution is -0.126. The van der Waals surface area contributed by atoms with Crippen molar-refractivity contribution in [3.05, 3.63) is 35.9 Å². The Labute approximate surface area is 172 Å². The Morgan fingerprint density at radius 3 is 2.46 bits per heavy atom. The minimum absolute atomic E-state index is 0.0162. The average Bonchev–Trinajstić information content (AvgIpc) is 2.68. The summed E-state index contributed by atoms with van der Waals surface area (Å²) >= 11 is 1.92. The van der Waals surface area contributed by atoms with Gasteiger partial charge in [-0.3, -0.25) is 9.69 Å². The van der Waals surface area contributed by atoms with E-state index in [1.54, 1.807) is 6.92 Å². The van der Waals surface area contributed by atoms with E-state index in [1.165, 1.54) is 0 Å². The van der Waals surface area contributed by atoms with E-state index < -0.39 is 6.09 Å². The van der Waals surface area contributed by atoms with Crippen LogP contribution in [0.3, 0.4) is 0 Å². The van der Waals surface area contributed by atoms with Crippen molar-refractivity contribution in [3.63, 3.8) is 0 Å². The van der Waals surface area contributed by atoms with Gasteiger partial charge in [0.25, 0.3) is 0 Å². The van der Waals surface area contributed by atoms with E-state index in [0.717, 1.165) is 36.6 Å². The molecule has 2 atom stereocenters. The Kier molecular flexibility index (Phi) is 9.64. The molecule has 0 aliphatic carbocycles. The SMILES string of the molecule is CCOC(=O)NC(CNC(=O)C(c1ccccc1)N1CCSCC1)CC(C)C. The zero-order chi connectivity index (χ0) is 20.4. The summed E-state index contributed by atoms with van der Waals surface area (Å²) in [5, 5.41) is 5.94. The van der Waals surface area contributed by atoms with Gasteiger partial charge < -0.3 is 15.4 Å². The van der Waals surface area contributed by atoms with Crippen molar-refractivity contribution in [2.45, 2.75) is 39.3 Å². The van der Waals surface area contributed by atoms with E-state index in [-0.39, 0.29) is 18.0 Å². The molecule has 0 aromatic heterocycles. The first-order valence-corrected chi connectivity index (χ1v) is 11.2.